The molecule has 0 amide bonds. The molecule has 1 unspecified atom stereocenters. The third-order valence-electron chi connectivity index (χ3n) is 2.93. The van der Waals surface area contributed by atoms with Crippen LogP contribution in [0.25, 0.3) is 0 Å². The third kappa shape index (κ3) is 4.01. The number of alkyl halides is 3. The van der Waals surface area contributed by atoms with E-state index in [1.807, 2.05) is 0 Å². The van der Waals surface area contributed by atoms with Gasteiger partial charge in [0.15, 0.2) is 11.5 Å². The standard InChI is InChI=1S/C13H16F3NO4/c1-20-9-5-3-7(13(14,15)16)11(12(9)21-2)8(17)4-6-10(18)19/h3,5,8H,4,6,17H2,1-2H3,(H,18,19). The van der Waals surface area contributed by atoms with E-state index in [0.717, 1.165) is 12.1 Å². The van der Waals surface area contributed by atoms with Gasteiger partial charge in [0.1, 0.15) is 0 Å². The highest BCUT2D eigenvalue weighted by Gasteiger charge is 2.37. The lowest BCUT2D eigenvalue weighted by molar-refractivity contribution is -0.138. The van der Waals surface area contributed by atoms with Crippen LogP contribution in [-0.4, -0.2) is 25.3 Å². The Bertz CT molecular complexity index is 517. The molecule has 0 bridgehead atoms. The molecule has 0 aromatic heterocycles. The molecule has 1 aromatic carbocycles. The summed E-state index contributed by atoms with van der Waals surface area (Å²) in [5.74, 6) is -1.17. The van der Waals surface area contributed by atoms with Gasteiger partial charge in [-0.3, -0.25) is 4.79 Å². The second-order valence-corrected chi connectivity index (χ2v) is 4.30. The van der Waals surface area contributed by atoms with E-state index in [4.69, 9.17) is 20.3 Å². The van der Waals surface area contributed by atoms with Gasteiger partial charge in [-0.2, -0.15) is 13.2 Å². The Kier molecular flexibility index (Phi) is 5.42. The minimum Gasteiger partial charge on any atom is -0.493 e. The van der Waals surface area contributed by atoms with E-state index in [0.29, 0.717) is 0 Å². The molecule has 1 rings (SSSR count). The second kappa shape index (κ2) is 6.66. The maximum absolute atomic E-state index is 13.1. The SMILES string of the molecule is COc1ccc(C(F)(F)F)c(C(N)CCC(=O)O)c1OC. The number of methoxy groups -OCH3 is 2. The van der Waals surface area contributed by atoms with E-state index in [1.165, 1.54) is 14.2 Å². The van der Waals surface area contributed by atoms with Crippen molar-refractivity contribution in [2.75, 3.05) is 14.2 Å². The molecular formula is C13H16F3NO4. The van der Waals surface area contributed by atoms with Crippen molar-refractivity contribution in [2.24, 2.45) is 5.73 Å². The first kappa shape index (κ1) is 17.1. The minimum absolute atomic E-state index is 0.103. The fourth-order valence-electron chi connectivity index (χ4n) is 1.99. The van der Waals surface area contributed by atoms with Gasteiger partial charge in [0, 0.05) is 18.0 Å². The van der Waals surface area contributed by atoms with E-state index in [2.05, 4.69) is 0 Å². The van der Waals surface area contributed by atoms with Crippen LogP contribution in [-0.2, 0) is 11.0 Å². The first-order valence-corrected chi connectivity index (χ1v) is 6.01. The average molecular weight is 307 g/mol. The Morgan fingerprint density at radius 3 is 2.38 bits per heavy atom. The lowest BCUT2D eigenvalue weighted by atomic mass is 9.95. The van der Waals surface area contributed by atoms with Crippen molar-refractivity contribution < 1.29 is 32.5 Å². The Morgan fingerprint density at radius 2 is 1.95 bits per heavy atom. The largest absolute Gasteiger partial charge is 0.493 e. The van der Waals surface area contributed by atoms with Crippen molar-refractivity contribution in [3.63, 3.8) is 0 Å². The first-order valence-electron chi connectivity index (χ1n) is 6.01. The summed E-state index contributed by atoms with van der Waals surface area (Å²) in [6, 6.07) is 0.842. The summed E-state index contributed by atoms with van der Waals surface area (Å²) >= 11 is 0. The first-order chi connectivity index (χ1) is 9.72. The van der Waals surface area contributed by atoms with Crippen LogP contribution >= 0.6 is 0 Å². The minimum atomic E-state index is -4.63. The highest BCUT2D eigenvalue weighted by Crippen LogP contribution is 2.44. The molecule has 3 N–H and O–H groups in total. The molecule has 0 saturated carbocycles. The van der Waals surface area contributed by atoms with Crippen LogP contribution in [0.3, 0.4) is 0 Å². The van der Waals surface area contributed by atoms with E-state index in [-0.39, 0.29) is 29.9 Å². The van der Waals surface area contributed by atoms with Gasteiger partial charge in [-0.25, -0.2) is 0 Å². The zero-order valence-corrected chi connectivity index (χ0v) is 11.5. The average Bonchev–Trinajstić information content (AvgIpc) is 2.41. The van der Waals surface area contributed by atoms with Crippen molar-refractivity contribution in [2.45, 2.75) is 25.1 Å². The van der Waals surface area contributed by atoms with Crippen molar-refractivity contribution in [3.05, 3.63) is 23.3 Å². The van der Waals surface area contributed by atoms with Gasteiger partial charge in [-0.1, -0.05) is 0 Å². The molecule has 8 heteroatoms. The molecule has 1 aromatic rings. The van der Waals surface area contributed by atoms with Crippen LogP contribution in [0.2, 0.25) is 0 Å². The number of benzene rings is 1. The highest BCUT2D eigenvalue weighted by atomic mass is 19.4. The van der Waals surface area contributed by atoms with Crippen LogP contribution < -0.4 is 15.2 Å². The molecule has 1 atom stereocenters. The molecule has 0 radical (unpaired) electrons. The van der Waals surface area contributed by atoms with Gasteiger partial charge in [0.05, 0.1) is 19.8 Å². The predicted molar refractivity (Wildman–Crippen MR) is 68.3 cm³/mol. The zero-order chi connectivity index (χ0) is 16.2. The number of carboxylic acids is 1. The van der Waals surface area contributed by atoms with Crippen molar-refractivity contribution >= 4 is 5.97 Å². The molecule has 21 heavy (non-hydrogen) atoms. The number of rotatable bonds is 6. The molecule has 0 aliphatic rings. The van der Waals surface area contributed by atoms with Crippen molar-refractivity contribution in [1.29, 1.82) is 0 Å². The van der Waals surface area contributed by atoms with Crippen LogP contribution in [0.5, 0.6) is 11.5 Å². The van der Waals surface area contributed by atoms with E-state index in [1.54, 1.807) is 0 Å². The monoisotopic (exact) mass is 307 g/mol. The number of hydrogen-bond donors (Lipinski definition) is 2. The maximum atomic E-state index is 13.1. The van der Waals surface area contributed by atoms with Crippen molar-refractivity contribution in [1.82, 2.24) is 0 Å². The normalized spacial score (nSPS) is 12.9. The summed E-state index contributed by atoms with van der Waals surface area (Å²) in [5, 5.41) is 8.63. The van der Waals surface area contributed by atoms with Gasteiger partial charge in [-0.05, 0) is 18.6 Å². The van der Waals surface area contributed by atoms with Gasteiger partial charge in [-0.15, -0.1) is 0 Å². The summed E-state index contributed by atoms with van der Waals surface area (Å²) in [7, 11) is 2.49. The third-order valence-corrected chi connectivity index (χ3v) is 2.93. The van der Waals surface area contributed by atoms with Crippen LogP contribution in [0.4, 0.5) is 13.2 Å². The van der Waals surface area contributed by atoms with Gasteiger partial charge < -0.3 is 20.3 Å². The smallest absolute Gasteiger partial charge is 0.416 e. The van der Waals surface area contributed by atoms with Crippen LogP contribution in [0.15, 0.2) is 12.1 Å². The summed E-state index contributed by atoms with van der Waals surface area (Å²) < 4.78 is 49.2. The number of nitrogens with two attached hydrogens (primary N) is 1. The Morgan fingerprint density at radius 1 is 1.33 bits per heavy atom. The summed E-state index contributed by atoms with van der Waals surface area (Å²) in [5.41, 5.74) is 4.48. The molecular weight excluding hydrogens is 291 g/mol. The van der Waals surface area contributed by atoms with E-state index < -0.39 is 23.8 Å². The van der Waals surface area contributed by atoms with Gasteiger partial charge in [0.2, 0.25) is 0 Å². The number of ether oxygens (including phenoxy) is 2. The number of carbonyl (C=O) groups is 1. The molecule has 5 nitrogen and oxygen atoms in total. The molecule has 0 fully saturated rings. The Balaban J connectivity index is 3.38. The van der Waals surface area contributed by atoms with Crippen molar-refractivity contribution in [3.8, 4) is 11.5 Å². The fraction of sp³-hybridized carbons (Fsp3) is 0.462. The summed E-state index contributed by atoms with van der Waals surface area (Å²) in [6.45, 7) is 0. The lowest BCUT2D eigenvalue weighted by Gasteiger charge is -2.22. The second-order valence-electron chi connectivity index (χ2n) is 4.30. The zero-order valence-electron chi connectivity index (χ0n) is 11.5. The van der Waals surface area contributed by atoms with Gasteiger partial charge in [0.25, 0.3) is 0 Å². The predicted octanol–water partition coefficient (Wildman–Crippen LogP) is 2.59. The molecule has 118 valence electrons. The fourth-order valence-corrected chi connectivity index (χ4v) is 1.99. The Hall–Kier alpha value is -1.96. The topological polar surface area (TPSA) is 81.8 Å². The summed E-state index contributed by atoms with van der Waals surface area (Å²) in [6.07, 6.45) is -5.13. The van der Waals surface area contributed by atoms with Crippen LogP contribution in [0.1, 0.15) is 30.0 Å². The summed E-state index contributed by atoms with van der Waals surface area (Å²) in [4.78, 5) is 10.6. The molecule has 0 spiro atoms. The quantitative estimate of drug-likeness (QED) is 0.844. The lowest BCUT2D eigenvalue weighted by Crippen LogP contribution is -2.20. The number of carboxylic acid groups (broad SMARTS) is 1. The molecule has 0 saturated heterocycles. The number of hydrogen-bond acceptors (Lipinski definition) is 4. The molecule has 0 aliphatic heterocycles. The molecule has 0 heterocycles. The maximum Gasteiger partial charge on any atom is 0.416 e. The number of halogens is 3. The Labute approximate surface area is 119 Å². The highest BCUT2D eigenvalue weighted by molar-refractivity contribution is 5.66. The van der Waals surface area contributed by atoms with Gasteiger partial charge >= 0.3 is 12.1 Å². The number of aliphatic carboxylic acids is 1. The molecule has 0 aliphatic carbocycles. The van der Waals surface area contributed by atoms with E-state index in [9.17, 15) is 18.0 Å². The van der Waals surface area contributed by atoms with E-state index >= 15 is 0 Å². The van der Waals surface area contributed by atoms with Crippen LogP contribution in [0, 0.1) is 0 Å².